The Bertz CT molecular complexity index is 486. The summed E-state index contributed by atoms with van der Waals surface area (Å²) in [5.74, 6) is 1.58. The van der Waals surface area contributed by atoms with Crippen LogP contribution < -0.4 is 5.32 Å². The smallest absolute Gasteiger partial charge is 0.0409 e. The number of likely N-dealkylation sites (tertiary alicyclic amines) is 1. The third kappa shape index (κ3) is 2.28. The van der Waals surface area contributed by atoms with E-state index in [-0.39, 0.29) is 5.54 Å². The molecule has 0 bridgehead atoms. The minimum absolute atomic E-state index is 0.261. The zero-order valence-corrected chi connectivity index (χ0v) is 13.5. The quantitative estimate of drug-likeness (QED) is 0.913. The van der Waals surface area contributed by atoms with E-state index < -0.39 is 0 Å². The summed E-state index contributed by atoms with van der Waals surface area (Å²) >= 11 is 6.19. The van der Waals surface area contributed by atoms with E-state index in [1.54, 1.807) is 0 Å². The molecule has 20 heavy (non-hydrogen) atoms. The molecule has 110 valence electrons. The minimum Gasteiger partial charge on any atom is -0.316 e. The maximum Gasteiger partial charge on any atom is 0.0409 e. The second-order valence-corrected chi connectivity index (χ2v) is 7.25. The van der Waals surface area contributed by atoms with E-state index in [9.17, 15) is 0 Å². The van der Waals surface area contributed by atoms with Gasteiger partial charge in [0.15, 0.2) is 0 Å². The van der Waals surface area contributed by atoms with Gasteiger partial charge in [-0.25, -0.2) is 0 Å². The Morgan fingerprint density at radius 1 is 1.40 bits per heavy atom. The molecule has 2 aliphatic rings. The number of fused-ring (bicyclic) bond motifs is 1. The second-order valence-electron chi connectivity index (χ2n) is 6.81. The summed E-state index contributed by atoms with van der Waals surface area (Å²) in [7, 11) is 0. The number of halogens is 1. The van der Waals surface area contributed by atoms with Gasteiger partial charge in [-0.15, -0.1) is 0 Å². The van der Waals surface area contributed by atoms with Gasteiger partial charge in [0.05, 0.1) is 0 Å². The summed E-state index contributed by atoms with van der Waals surface area (Å²) in [6.45, 7) is 10.7. The molecule has 0 aliphatic carbocycles. The largest absolute Gasteiger partial charge is 0.316 e. The Hall–Kier alpha value is -0.570. The fraction of sp³-hybridized carbons (Fsp3) is 0.647. The van der Waals surface area contributed by atoms with Gasteiger partial charge in [-0.05, 0) is 56.3 Å². The molecule has 3 atom stereocenters. The molecule has 3 unspecified atom stereocenters. The molecule has 0 radical (unpaired) electrons. The van der Waals surface area contributed by atoms with Crippen molar-refractivity contribution >= 4 is 11.6 Å². The SMILES string of the molecule is CCC(c1cccc(Cl)c1)N1CC2CNCC2C1(C)C. The summed E-state index contributed by atoms with van der Waals surface area (Å²) in [6, 6.07) is 8.88. The first-order chi connectivity index (χ1) is 9.54. The van der Waals surface area contributed by atoms with Crippen molar-refractivity contribution in [2.75, 3.05) is 19.6 Å². The van der Waals surface area contributed by atoms with Crippen LogP contribution >= 0.6 is 11.6 Å². The number of nitrogens with zero attached hydrogens (tertiary/aromatic N) is 1. The van der Waals surface area contributed by atoms with Crippen LogP contribution in [0.25, 0.3) is 0 Å². The van der Waals surface area contributed by atoms with Gasteiger partial charge in [0, 0.05) is 29.7 Å². The first-order valence-corrected chi connectivity index (χ1v) is 8.14. The highest BCUT2D eigenvalue weighted by Gasteiger charge is 2.51. The molecule has 1 aromatic carbocycles. The van der Waals surface area contributed by atoms with Gasteiger partial charge >= 0.3 is 0 Å². The average molecular weight is 293 g/mol. The zero-order valence-electron chi connectivity index (χ0n) is 12.7. The maximum absolute atomic E-state index is 6.19. The van der Waals surface area contributed by atoms with E-state index in [0.717, 1.165) is 23.3 Å². The summed E-state index contributed by atoms with van der Waals surface area (Å²) in [6.07, 6.45) is 1.14. The summed E-state index contributed by atoms with van der Waals surface area (Å²) in [4.78, 5) is 2.72. The molecule has 1 N–H and O–H groups in total. The third-order valence-corrected chi connectivity index (χ3v) is 5.65. The summed E-state index contributed by atoms with van der Waals surface area (Å²) in [5, 5.41) is 4.41. The lowest BCUT2D eigenvalue weighted by Crippen LogP contribution is -2.46. The van der Waals surface area contributed by atoms with Gasteiger partial charge in [0.25, 0.3) is 0 Å². The van der Waals surface area contributed by atoms with Crippen LogP contribution in [-0.2, 0) is 0 Å². The van der Waals surface area contributed by atoms with Crippen molar-refractivity contribution in [3.63, 3.8) is 0 Å². The van der Waals surface area contributed by atoms with Crippen LogP contribution in [0, 0.1) is 11.8 Å². The van der Waals surface area contributed by atoms with Crippen molar-refractivity contribution in [1.29, 1.82) is 0 Å². The van der Waals surface area contributed by atoms with Crippen LogP contribution in [-0.4, -0.2) is 30.1 Å². The van der Waals surface area contributed by atoms with Gasteiger partial charge < -0.3 is 5.32 Å². The van der Waals surface area contributed by atoms with Crippen molar-refractivity contribution in [2.24, 2.45) is 11.8 Å². The van der Waals surface area contributed by atoms with Gasteiger partial charge in [-0.2, -0.15) is 0 Å². The number of hydrogen-bond acceptors (Lipinski definition) is 2. The lowest BCUT2D eigenvalue weighted by atomic mass is 9.84. The molecule has 3 rings (SSSR count). The fourth-order valence-corrected chi connectivity index (χ4v) is 4.53. The fourth-order valence-electron chi connectivity index (χ4n) is 4.33. The Kier molecular flexibility index (Phi) is 3.83. The molecule has 1 aromatic rings. The molecule has 2 aliphatic heterocycles. The second kappa shape index (κ2) is 5.32. The standard InChI is InChI=1S/C17H25ClN2/c1-4-16(12-6-5-7-14(18)8-12)20-11-13-9-19-10-15(13)17(20,2)3/h5-8,13,15-16,19H,4,9-11H2,1-3H3. The Balaban J connectivity index is 1.90. The predicted octanol–water partition coefficient (Wildman–Crippen LogP) is 3.72. The molecule has 0 saturated carbocycles. The molecule has 2 saturated heterocycles. The molecular formula is C17H25ClN2. The predicted molar refractivity (Wildman–Crippen MR) is 85.1 cm³/mol. The number of hydrogen-bond donors (Lipinski definition) is 1. The van der Waals surface area contributed by atoms with E-state index in [4.69, 9.17) is 11.6 Å². The molecule has 2 fully saturated rings. The van der Waals surface area contributed by atoms with E-state index >= 15 is 0 Å². The van der Waals surface area contributed by atoms with Gasteiger partial charge in [-0.1, -0.05) is 30.7 Å². The summed E-state index contributed by atoms with van der Waals surface area (Å²) in [5.41, 5.74) is 1.62. The first-order valence-electron chi connectivity index (χ1n) is 7.77. The zero-order chi connectivity index (χ0) is 14.3. The van der Waals surface area contributed by atoms with Crippen LogP contribution in [0.2, 0.25) is 5.02 Å². The first kappa shape index (κ1) is 14.4. The highest BCUT2D eigenvalue weighted by atomic mass is 35.5. The Labute approximate surface area is 127 Å². The maximum atomic E-state index is 6.19. The summed E-state index contributed by atoms with van der Waals surface area (Å²) < 4.78 is 0. The number of rotatable bonds is 3. The van der Waals surface area contributed by atoms with E-state index in [1.807, 2.05) is 6.07 Å². The normalized spacial score (nSPS) is 30.4. The van der Waals surface area contributed by atoms with Crippen molar-refractivity contribution in [3.05, 3.63) is 34.9 Å². The topological polar surface area (TPSA) is 15.3 Å². The number of benzene rings is 1. The molecule has 3 heteroatoms. The van der Waals surface area contributed by atoms with Gasteiger partial charge in [-0.3, -0.25) is 4.90 Å². The van der Waals surface area contributed by atoms with E-state index in [0.29, 0.717) is 6.04 Å². The molecular weight excluding hydrogens is 268 g/mol. The minimum atomic E-state index is 0.261. The van der Waals surface area contributed by atoms with Crippen LogP contribution in [0.1, 0.15) is 38.8 Å². The van der Waals surface area contributed by atoms with Crippen LogP contribution in [0.15, 0.2) is 24.3 Å². The van der Waals surface area contributed by atoms with E-state index in [1.165, 1.54) is 25.2 Å². The monoisotopic (exact) mass is 292 g/mol. The molecule has 0 amide bonds. The van der Waals surface area contributed by atoms with Gasteiger partial charge in [0.2, 0.25) is 0 Å². The average Bonchev–Trinajstić information content (AvgIpc) is 2.95. The Morgan fingerprint density at radius 3 is 2.85 bits per heavy atom. The molecule has 2 nitrogen and oxygen atoms in total. The van der Waals surface area contributed by atoms with Crippen molar-refractivity contribution in [3.8, 4) is 0 Å². The molecule has 0 aromatic heterocycles. The molecule has 0 spiro atoms. The van der Waals surface area contributed by atoms with Crippen LogP contribution in [0.4, 0.5) is 0 Å². The lowest BCUT2D eigenvalue weighted by molar-refractivity contribution is 0.0859. The van der Waals surface area contributed by atoms with E-state index in [2.05, 4.69) is 49.2 Å². The van der Waals surface area contributed by atoms with Crippen molar-refractivity contribution in [1.82, 2.24) is 10.2 Å². The molecule has 2 heterocycles. The highest BCUT2D eigenvalue weighted by Crippen LogP contribution is 2.45. The van der Waals surface area contributed by atoms with Crippen molar-refractivity contribution in [2.45, 2.75) is 38.8 Å². The van der Waals surface area contributed by atoms with Crippen LogP contribution in [0.5, 0.6) is 0 Å². The third-order valence-electron chi connectivity index (χ3n) is 5.42. The van der Waals surface area contributed by atoms with Crippen LogP contribution in [0.3, 0.4) is 0 Å². The number of nitrogens with one attached hydrogen (secondary N) is 1. The Morgan fingerprint density at radius 2 is 2.20 bits per heavy atom. The van der Waals surface area contributed by atoms with Gasteiger partial charge in [0.1, 0.15) is 0 Å². The van der Waals surface area contributed by atoms with Crippen molar-refractivity contribution < 1.29 is 0 Å². The highest BCUT2D eigenvalue weighted by molar-refractivity contribution is 6.30. The lowest BCUT2D eigenvalue weighted by Gasteiger charge is -2.41.